The van der Waals surface area contributed by atoms with Crippen LogP contribution in [0.15, 0.2) is 48.8 Å². The number of hydrogen-bond donors (Lipinski definition) is 1. The average molecular weight is 309 g/mol. The van der Waals surface area contributed by atoms with Gasteiger partial charge in [-0.25, -0.2) is 0 Å². The zero-order valence-corrected chi connectivity index (χ0v) is 12.9. The van der Waals surface area contributed by atoms with Gasteiger partial charge in [0, 0.05) is 43.2 Å². The molecule has 5 nitrogen and oxygen atoms in total. The van der Waals surface area contributed by atoms with Crippen LogP contribution >= 0.6 is 0 Å². The third-order valence-corrected chi connectivity index (χ3v) is 3.99. The van der Waals surface area contributed by atoms with Crippen molar-refractivity contribution in [2.75, 3.05) is 13.1 Å². The van der Waals surface area contributed by atoms with Gasteiger partial charge in [-0.2, -0.15) is 0 Å². The number of likely N-dealkylation sites (tertiary alicyclic amines) is 1. The highest BCUT2D eigenvalue weighted by Crippen LogP contribution is 2.13. The van der Waals surface area contributed by atoms with Crippen molar-refractivity contribution in [1.29, 1.82) is 0 Å². The monoisotopic (exact) mass is 309 g/mol. The molecule has 1 fully saturated rings. The standard InChI is InChI=1S/C18H19N3O2/c22-17(20-13-14-7-9-19-10-8-14)15-3-5-16(6-4-15)18(23)21-11-1-2-12-21/h3-10H,1-2,11-13H2,(H,20,22). The maximum absolute atomic E-state index is 12.3. The molecule has 2 aromatic rings. The molecule has 1 aliphatic heterocycles. The SMILES string of the molecule is O=C(NCc1ccncc1)c1ccc(C(=O)N2CCCC2)cc1. The third kappa shape index (κ3) is 3.74. The molecule has 0 unspecified atom stereocenters. The molecule has 0 radical (unpaired) electrons. The molecule has 0 saturated carbocycles. The summed E-state index contributed by atoms with van der Waals surface area (Å²) < 4.78 is 0. The van der Waals surface area contributed by atoms with E-state index in [0.29, 0.717) is 17.7 Å². The molecular weight excluding hydrogens is 290 g/mol. The lowest BCUT2D eigenvalue weighted by Crippen LogP contribution is -2.27. The fourth-order valence-corrected chi connectivity index (χ4v) is 2.65. The number of amides is 2. The number of rotatable bonds is 4. The zero-order valence-electron chi connectivity index (χ0n) is 12.9. The Hall–Kier alpha value is -2.69. The third-order valence-electron chi connectivity index (χ3n) is 3.99. The first-order chi connectivity index (χ1) is 11.2. The smallest absolute Gasteiger partial charge is 0.253 e. The lowest BCUT2D eigenvalue weighted by atomic mass is 10.1. The predicted molar refractivity (Wildman–Crippen MR) is 87.0 cm³/mol. The van der Waals surface area contributed by atoms with Crippen molar-refractivity contribution in [3.8, 4) is 0 Å². The van der Waals surface area contributed by atoms with E-state index in [1.807, 2.05) is 17.0 Å². The Bertz CT molecular complexity index is 677. The number of hydrogen-bond acceptors (Lipinski definition) is 3. The van der Waals surface area contributed by atoms with Crippen LogP contribution in [0.5, 0.6) is 0 Å². The summed E-state index contributed by atoms with van der Waals surface area (Å²) in [5.41, 5.74) is 2.18. The molecule has 0 atom stereocenters. The first-order valence-corrected chi connectivity index (χ1v) is 7.80. The molecule has 1 saturated heterocycles. The molecule has 1 aromatic carbocycles. The van der Waals surface area contributed by atoms with Crippen molar-refractivity contribution in [1.82, 2.24) is 15.2 Å². The molecule has 5 heteroatoms. The molecule has 0 bridgehead atoms. The van der Waals surface area contributed by atoms with Crippen LogP contribution in [-0.4, -0.2) is 34.8 Å². The van der Waals surface area contributed by atoms with Gasteiger partial charge in [0.25, 0.3) is 11.8 Å². The van der Waals surface area contributed by atoms with Crippen molar-refractivity contribution < 1.29 is 9.59 Å². The van der Waals surface area contributed by atoms with Gasteiger partial charge < -0.3 is 10.2 Å². The predicted octanol–water partition coefficient (Wildman–Crippen LogP) is 2.25. The largest absolute Gasteiger partial charge is 0.348 e. The maximum atomic E-state index is 12.3. The van der Waals surface area contributed by atoms with Crippen LogP contribution in [0.4, 0.5) is 0 Å². The number of nitrogens with one attached hydrogen (secondary N) is 1. The second-order valence-electron chi connectivity index (χ2n) is 5.61. The Labute approximate surface area is 135 Å². The van der Waals surface area contributed by atoms with Gasteiger partial charge in [0.05, 0.1) is 0 Å². The van der Waals surface area contributed by atoms with Crippen molar-refractivity contribution in [2.45, 2.75) is 19.4 Å². The lowest BCUT2D eigenvalue weighted by molar-refractivity contribution is 0.0792. The lowest BCUT2D eigenvalue weighted by Gasteiger charge is -2.15. The highest BCUT2D eigenvalue weighted by atomic mass is 16.2. The number of pyridine rings is 1. The van der Waals surface area contributed by atoms with Crippen molar-refractivity contribution in [2.24, 2.45) is 0 Å². The second-order valence-corrected chi connectivity index (χ2v) is 5.61. The minimum Gasteiger partial charge on any atom is -0.348 e. The van der Waals surface area contributed by atoms with Gasteiger partial charge in [-0.3, -0.25) is 14.6 Å². The highest BCUT2D eigenvalue weighted by molar-refractivity contribution is 5.97. The van der Waals surface area contributed by atoms with E-state index in [9.17, 15) is 9.59 Å². The van der Waals surface area contributed by atoms with E-state index < -0.39 is 0 Å². The van der Waals surface area contributed by atoms with Gasteiger partial charge in [0.1, 0.15) is 0 Å². The summed E-state index contributed by atoms with van der Waals surface area (Å²) >= 11 is 0. The molecule has 1 aromatic heterocycles. The number of nitrogens with zero attached hydrogens (tertiary/aromatic N) is 2. The van der Waals surface area contributed by atoms with Crippen molar-refractivity contribution in [3.63, 3.8) is 0 Å². The highest BCUT2D eigenvalue weighted by Gasteiger charge is 2.19. The van der Waals surface area contributed by atoms with E-state index in [1.165, 1.54) is 0 Å². The molecule has 0 aliphatic carbocycles. The summed E-state index contributed by atoms with van der Waals surface area (Å²) in [5.74, 6) is -0.103. The fourth-order valence-electron chi connectivity index (χ4n) is 2.65. The van der Waals surface area contributed by atoms with Crippen molar-refractivity contribution >= 4 is 11.8 Å². The number of carbonyl (C=O) groups excluding carboxylic acids is 2. The first-order valence-electron chi connectivity index (χ1n) is 7.80. The summed E-state index contributed by atoms with van der Waals surface area (Å²) in [4.78, 5) is 30.2. The van der Waals surface area contributed by atoms with Crippen LogP contribution in [0.2, 0.25) is 0 Å². The Morgan fingerprint density at radius 2 is 1.57 bits per heavy atom. The Balaban J connectivity index is 1.60. The summed E-state index contributed by atoms with van der Waals surface area (Å²) in [6, 6.07) is 10.6. The molecular formula is C18H19N3O2. The second kappa shape index (κ2) is 7.05. The minimum absolute atomic E-state index is 0.0474. The van der Waals surface area contributed by atoms with Gasteiger partial charge >= 0.3 is 0 Å². The molecule has 118 valence electrons. The van der Waals surface area contributed by atoms with Crippen molar-refractivity contribution in [3.05, 3.63) is 65.5 Å². The van der Waals surface area contributed by atoms with E-state index in [-0.39, 0.29) is 11.8 Å². The number of aromatic nitrogens is 1. The van der Waals surface area contributed by atoms with Crippen LogP contribution in [0.3, 0.4) is 0 Å². The van der Waals surface area contributed by atoms with E-state index in [0.717, 1.165) is 31.5 Å². The topological polar surface area (TPSA) is 62.3 Å². The molecule has 0 spiro atoms. The number of carbonyl (C=O) groups is 2. The van der Waals surface area contributed by atoms with Gasteiger partial charge in [-0.1, -0.05) is 0 Å². The van der Waals surface area contributed by atoms with Gasteiger partial charge in [-0.15, -0.1) is 0 Å². The summed E-state index contributed by atoms with van der Waals surface area (Å²) in [5, 5.41) is 2.86. The summed E-state index contributed by atoms with van der Waals surface area (Å²) in [7, 11) is 0. The van der Waals surface area contributed by atoms with E-state index >= 15 is 0 Å². The molecule has 23 heavy (non-hydrogen) atoms. The molecule has 2 amide bonds. The molecule has 1 N–H and O–H groups in total. The number of benzene rings is 1. The van der Waals surface area contributed by atoms with Crippen LogP contribution in [0.1, 0.15) is 39.1 Å². The average Bonchev–Trinajstić information content (AvgIpc) is 3.15. The van der Waals surface area contributed by atoms with Crippen LogP contribution in [0, 0.1) is 0 Å². The normalized spacial score (nSPS) is 13.8. The maximum Gasteiger partial charge on any atom is 0.253 e. The summed E-state index contributed by atoms with van der Waals surface area (Å²) in [6.07, 6.45) is 5.53. The summed E-state index contributed by atoms with van der Waals surface area (Å²) in [6.45, 7) is 2.11. The van der Waals surface area contributed by atoms with E-state index in [1.54, 1.807) is 36.7 Å². The Morgan fingerprint density at radius 3 is 2.22 bits per heavy atom. The van der Waals surface area contributed by atoms with Crippen LogP contribution in [0.25, 0.3) is 0 Å². The van der Waals surface area contributed by atoms with E-state index in [2.05, 4.69) is 10.3 Å². The minimum atomic E-state index is -0.151. The zero-order chi connectivity index (χ0) is 16.1. The first kappa shape index (κ1) is 15.2. The Morgan fingerprint density at radius 1 is 0.957 bits per heavy atom. The molecule has 2 heterocycles. The van der Waals surface area contributed by atoms with Crippen LogP contribution in [-0.2, 0) is 6.54 Å². The Kier molecular flexibility index (Phi) is 4.66. The van der Waals surface area contributed by atoms with Gasteiger partial charge in [-0.05, 0) is 54.8 Å². The molecule has 3 rings (SSSR count). The van der Waals surface area contributed by atoms with Crippen LogP contribution < -0.4 is 5.32 Å². The van der Waals surface area contributed by atoms with Gasteiger partial charge in [0.15, 0.2) is 0 Å². The molecule has 1 aliphatic rings. The quantitative estimate of drug-likeness (QED) is 0.942. The fraction of sp³-hybridized carbons (Fsp3) is 0.278. The van der Waals surface area contributed by atoms with E-state index in [4.69, 9.17) is 0 Å². The van der Waals surface area contributed by atoms with Gasteiger partial charge in [0.2, 0.25) is 0 Å².